The van der Waals surface area contributed by atoms with Crippen molar-refractivity contribution in [2.24, 2.45) is 0 Å². The maximum Gasteiger partial charge on any atom is 0.239 e. The van der Waals surface area contributed by atoms with Crippen LogP contribution in [-0.4, -0.2) is 27.6 Å². The summed E-state index contributed by atoms with van der Waals surface area (Å²) in [5.74, 6) is 0.846. The van der Waals surface area contributed by atoms with Gasteiger partial charge in [-0.1, -0.05) is 23.4 Å². The number of carbonyl (C=O) groups excluding carboxylic acids is 1. The molecular weight excluding hydrogens is 288 g/mol. The Morgan fingerprint density at radius 1 is 1.43 bits per heavy atom. The van der Waals surface area contributed by atoms with Crippen molar-refractivity contribution in [3.8, 4) is 0 Å². The average Bonchev–Trinajstić information content (AvgIpc) is 3.04. The first-order valence-electron chi connectivity index (χ1n) is 6.79. The van der Waals surface area contributed by atoms with E-state index in [4.69, 9.17) is 4.52 Å². The molecule has 0 fully saturated rings. The molecule has 0 N–H and O–H groups in total. The van der Waals surface area contributed by atoms with Crippen molar-refractivity contribution in [1.29, 1.82) is 0 Å². The summed E-state index contributed by atoms with van der Waals surface area (Å²) in [6.07, 6.45) is 0.858. The predicted molar refractivity (Wildman–Crippen MR) is 80.5 cm³/mol. The second kappa shape index (κ2) is 5.81. The zero-order valence-corrected chi connectivity index (χ0v) is 12.6. The standard InChI is InChI=1S/C15H16N2O3S/c1-11-8-13(16-20-11)9-21(19)10-15(18)17-7-6-12-4-2-3-5-14(12)17/h2-5,8H,6-7,9-10H2,1H3/t21-/m1/s1. The molecule has 1 aromatic carbocycles. The van der Waals surface area contributed by atoms with Gasteiger partial charge in [0.1, 0.15) is 11.5 Å². The van der Waals surface area contributed by atoms with Crippen LogP contribution >= 0.6 is 0 Å². The first kappa shape index (κ1) is 14.0. The van der Waals surface area contributed by atoms with Crippen molar-refractivity contribution in [3.63, 3.8) is 0 Å². The minimum atomic E-state index is -1.27. The molecule has 0 saturated carbocycles. The topological polar surface area (TPSA) is 63.4 Å². The van der Waals surface area contributed by atoms with Crippen LogP contribution in [0.15, 0.2) is 34.9 Å². The van der Waals surface area contributed by atoms with E-state index in [9.17, 15) is 9.00 Å². The maximum absolute atomic E-state index is 12.3. The molecule has 110 valence electrons. The molecule has 1 aliphatic rings. The molecule has 0 bridgehead atoms. The molecule has 0 aliphatic carbocycles. The molecule has 1 amide bonds. The van der Waals surface area contributed by atoms with Crippen LogP contribution in [0.2, 0.25) is 0 Å². The molecule has 0 unspecified atom stereocenters. The van der Waals surface area contributed by atoms with Crippen molar-refractivity contribution in [2.75, 3.05) is 17.2 Å². The monoisotopic (exact) mass is 304 g/mol. The highest BCUT2D eigenvalue weighted by Crippen LogP contribution is 2.27. The Labute approximate surface area is 125 Å². The van der Waals surface area contributed by atoms with Crippen molar-refractivity contribution >= 4 is 22.4 Å². The fourth-order valence-electron chi connectivity index (χ4n) is 2.51. The Kier molecular flexibility index (Phi) is 3.88. The van der Waals surface area contributed by atoms with Crippen LogP contribution in [0.1, 0.15) is 17.0 Å². The van der Waals surface area contributed by atoms with Gasteiger partial charge in [-0.05, 0) is 25.0 Å². The largest absolute Gasteiger partial charge is 0.361 e. The number of benzene rings is 1. The van der Waals surface area contributed by atoms with Crippen LogP contribution in [0.4, 0.5) is 5.69 Å². The zero-order chi connectivity index (χ0) is 14.8. The number of rotatable bonds is 4. The molecular formula is C15H16N2O3S. The summed E-state index contributed by atoms with van der Waals surface area (Å²) in [4.78, 5) is 14.0. The number of hydrogen-bond acceptors (Lipinski definition) is 4. The van der Waals surface area contributed by atoms with Gasteiger partial charge in [0, 0.05) is 29.1 Å². The molecule has 1 atom stereocenters. The third kappa shape index (κ3) is 3.05. The molecule has 3 rings (SSSR count). The van der Waals surface area contributed by atoms with Crippen LogP contribution < -0.4 is 4.90 Å². The van der Waals surface area contributed by atoms with Gasteiger partial charge in [0.05, 0.1) is 11.4 Å². The van der Waals surface area contributed by atoms with E-state index in [1.165, 1.54) is 5.56 Å². The average molecular weight is 304 g/mol. The third-order valence-corrected chi connectivity index (χ3v) is 4.64. The van der Waals surface area contributed by atoms with E-state index >= 15 is 0 Å². The van der Waals surface area contributed by atoms with E-state index in [0.29, 0.717) is 18.0 Å². The molecule has 21 heavy (non-hydrogen) atoms. The summed E-state index contributed by atoms with van der Waals surface area (Å²) in [5, 5.41) is 3.80. The Hall–Kier alpha value is -1.95. The molecule has 6 heteroatoms. The van der Waals surface area contributed by atoms with E-state index in [2.05, 4.69) is 5.16 Å². The number of fused-ring (bicyclic) bond motifs is 1. The highest BCUT2D eigenvalue weighted by Gasteiger charge is 2.25. The number of aromatic nitrogens is 1. The molecule has 0 radical (unpaired) electrons. The minimum absolute atomic E-state index is 0.0141. The van der Waals surface area contributed by atoms with Gasteiger partial charge in [-0.25, -0.2) is 0 Å². The first-order valence-corrected chi connectivity index (χ1v) is 8.28. The van der Waals surface area contributed by atoms with E-state index in [1.807, 2.05) is 24.3 Å². The molecule has 1 aliphatic heterocycles. The molecule has 2 heterocycles. The van der Waals surface area contributed by atoms with Gasteiger partial charge in [-0.2, -0.15) is 0 Å². The maximum atomic E-state index is 12.3. The minimum Gasteiger partial charge on any atom is -0.361 e. The summed E-state index contributed by atoms with van der Waals surface area (Å²) >= 11 is 0. The summed E-state index contributed by atoms with van der Waals surface area (Å²) < 4.78 is 17.0. The van der Waals surface area contributed by atoms with Gasteiger partial charge in [0.25, 0.3) is 0 Å². The van der Waals surface area contributed by atoms with Crippen LogP contribution in [0.25, 0.3) is 0 Å². The summed E-state index contributed by atoms with van der Waals surface area (Å²) in [6.45, 7) is 2.45. The number of nitrogens with zero attached hydrogens (tertiary/aromatic N) is 2. The van der Waals surface area contributed by atoms with Crippen LogP contribution in [0.3, 0.4) is 0 Å². The smallest absolute Gasteiger partial charge is 0.239 e. The second-order valence-electron chi connectivity index (χ2n) is 5.08. The lowest BCUT2D eigenvalue weighted by Crippen LogP contribution is -2.33. The van der Waals surface area contributed by atoms with Gasteiger partial charge in [0.15, 0.2) is 0 Å². The Morgan fingerprint density at radius 3 is 3.00 bits per heavy atom. The number of amides is 1. The molecule has 0 spiro atoms. The number of carbonyl (C=O) groups is 1. The Morgan fingerprint density at radius 2 is 2.24 bits per heavy atom. The van der Waals surface area contributed by atoms with Gasteiger partial charge < -0.3 is 9.42 Å². The van der Waals surface area contributed by atoms with E-state index in [1.54, 1.807) is 17.9 Å². The predicted octanol–water partition coefficient (Wildman–Crippen LogP) is 1.82. The number of anilines is 1. The molecule has 2 aromatic rings. The second-order valence-corrected chi connectivity index (χ2v) is 6.54. The number of para-hydroxylation sites is 1. The number of aryl methyl sites for hydroxylation is 1. The Bertz CT molecular complexity index is 696. The highest BCUT2D eigenvalue weighted by molar-refractivity contribution is 7.84. The molecule has 1 aromatic heterocycles. The normalized spacial score (nSPS) is 15.0. The van der Waals surface area contributed by atoms with Crippen molar-refractivity contribution < 1.29 is 13.5 Å². The SMILES string of the molecule is Cc1cc(C[S@@](=O)CC(=O)N2CCc3ccccc32)no1. The summed E-state index contributed by atoms with van der Waals surface area (Å²) in [7, 11) is -1.27. The van der Waals surface area contributed by atoms with E-state index < -0.39 is 10.8 Å². The van der Waals surface area contributed by atoms with Gasteiger partial charge in [-0.15, -0.1) is 0 Å². The van der Waals surface area contributed by atoms with Crippen LogP contribution in [-0.2, 0) is 27.8 Å². The molecule has 5 nitrogen and oxygen atoms in total. The van der Waals surface area contributed by atoms with Crippen LogP contribution in [0, 0.1) is 6.92 Å². The van der Waals surface area contributed by atoms with Crippen LogP contribution in [0.5, 0.6) is 0 Å². The van der Waals surface area contributed by atoms with Crippen molar-refractivity contribution in [2.45, 2.75) is 19.1 Å². The van der Waals surface area contributed by atoms with E-state index in [-0.39, 0.29) is 17.4 Å². The summed E-state index contributed by atoms with van der Waals surface area (Å²) in [6, 6.07) is 9.59. The quantitative estimate of drug-likeness (QED) is 0.864. The van der Waals surface area contributed by atoms with Gasteiger partial charge in [0.2, 0.25) is 5.91 Å². The zero-order valence-electron chi connectivity index (χ0n) is 11.7. The third-order valence-electron chi connectivity index (χ3n) is 3.46. The fraction of sp³-hybridized carbons (Fsp3) is 0.333. The first-order chi connectivity index (χ1) is 10.1. The Balaban J connectivity index is 1.63. The van der Waals surface area contributed by atoms with Crippen molar-refractivity contribution in [1.82, 2.24) is 5.16 Å². The lowest BCUT2D eigenvalue weighted by Gasteiger charge is -2.16. The van der Waals surface area contributed by atoms with Gasteiger partial charge >= 0.3 is 0 Å². The van der Waals surface area contributed by atoms with Crippen molar-refractivity contribution in [3.05, 3.63) is 47.3 Å². The van der Waals surface area contributed by atoms with E-state index in [0.717, 1.165) is 12.1 Å². The summed E-state index contributed by atoms with van der Waals surface area (Å²) in [5.41, 5.74) is 2.74. The highest BCUT2D eigenvalue weighted by atomic mass is 32.2. The lowest BCUT2D eigenvalue weighted by atomic mass is 10.2. The molecule has 0 saturated heterocycles. The number of hydrogen-bond donors (Lipinski definition) is 0. The lowest BCUT2D eigenvalue weighted by molar-refractivity contribution is -0.116. The fourth-order valence-corrected chi connectivity index (χ4v) is 3.51. The van der Waals surface area contributed by atoms with Gasteiger partial charge in [-0.3, -0.25) is 9.00 Å².